The zero-order chi connectivity index (χ0) is 16.2. The zero-order valence-corrected chi connectivity index (χ0v) is 12.5. The maximum absolute atomic E-state index is 13.6. The molecule has 122 valence electrons. The summed E-state index contributed by atoms with van der Waals surface area (Å²) in [6.07, 6.45) is 2.92. The van der Waals surface area contributed by atoms with Crippen LogP contribution >= 0.6 is 0 Å². The number of nitrogens with zero attached hydrogens (tertiary/aromatic N) is 1. The standard InChI is InChI=1S/C16H18F2N4O/c17-12-3-1-10(13(18)7-12)2-4-15(23)21-14-9-20-22-16(14)11-5-6-19-8-11/h1,3,7,9,11,19H,2,4-6,8H2,(H,20,22)(H,21,23). The van der Waals surface area contributed by atoms with Gasteiger partial charge in [-0.2, -0.15) is 5.10 Å². The van der Waals surface area contributed by atoms with Gasteiger partial charge in [0.2, 0.25) is 5.91 Å². The number of anilines is 1. The van der Waals surface area contributed by atoms with Crippen LogP contribution in [0.5, 0.6) is 0 Å². The summed E-state index contributed by atoms with van der Waals surface area (Å²) >= 11 is 0. The van der Waals surface area contributed by atoms with Crippen molar-refractivity contribution in [1.29, 1.82) is 0 Å². The minimum atomic E-state index is -0.626. The highest BCUT2D eigenvalue weighted by molar-refractivity contribution is 5.91. The van der Waals surface area contributed by atoms with Gasteiger partial charge in [0.25, 0.3) is 0 Å². The quantitative estimate of drug-likeness (QED) is 0.792. The Bertz CT molecular complexity index is 695. The molecular weight excluding hydrogens is 302 g/mol. The Kier molecular flexibility index (Phi) is 4.66. The van der Waals surface area contributed by atoms with Crippen LogP contribution in [-0.4, -0.2) is 29.2 Å². The lowest BCUT2D eigenvalue weighted by molar-refractivity contribution is -0.116. The van der Waals surface area contributed by atoms with Crippen LogP contribution in [0, 0.1) is 11.6 Å². The van der Waals surface area contributed by atoms with E-state index >= 15 is 0 Å². The summed E-state index contributed by atoms with van der Waals surface area (Å²) in [5.41, 5.74) is 1.91. The molecule has 0 spiro atoms. The molecule has 1 fully saturated rings. The number of carbonyl (C=O) groups excluding carboxylic acids is 1. The Hall–Kier alpha value is -2.28. The molecule has 1 atom stereocenters. The van der Waals surface area contributed by atoms with E-state index in [2.05, 4.69) is 20.8 Å². The molecule has 1 aromatic heterocycles. The molecule has 1 aliphatic rings. The first-order chi connectivity index (χ1) is 11.1. The molecule has 0 radical (unpaired) electrons. The van der Waals surface area contributed by atoms with E-state index < -0.39 is 11.6 Å². The van der Waals surface area contributed by atoms with Crippen molar-refractivity contribution in [2.45, 2.75) is 25.2 Å². The molecule has 2 heterocycles. The molecule has 0 aliphatic carbocycles. The van der Waals surface area contributed by atoms with Crippen LogP contribution in [0.3, 0.4) is 0 Å². The number of aryl methyl sites for hydroxylation is 1. The van der Waals surface area contributed by atoms with Crippen LogP contribution in [0.1, 0.15) is 30.0 Å². The summed E-state index contributed by atoms with van der Waals surface area (Å²) in [5.74, 6) is -1.16. The van der Waals surface area contributed by atoms with Crippen LogP contribution in [-0.2, 0) is 11.2 Å². The molecule has 7 heteroatoms. The molecule has 2 aromatic rings. The first kappa shape index (κ1) is 15.6. The average molecular weight is 320 g/mol. The molecule has 3 rings (SSSR count). The highest BCUT2D eigenvalue weighted by Crippen LogP contribution is 2.26. The lowest BCUT2D eigenvalue weighted by Crippen LogP contribution is -2.15. The fourth-order valence-electron chi connectivity index (χ4n) is 2.79. The summed E-state index contributed by atoms with van der Waals surface area (Å²) in [6, 6.07) is 3.39. The molecule has 1 aliphatic heterocycles. The predicted molar refractivity (Wildman–Crippen MR) is 82.1 cm³/mol. The van der Waals surface area contributed by atoms with E-state index in [4.69, 9.17) is 0 Å². The Labute approximate surface area is 132 Å². The Morgan fingerprint density at radius 2 is 2.26 bits per heavy atom. The van der Waals surface area contributed by atoms with Gasteiger partial charge in [-0.1, -0.05) is 6.07 Å². The van der Waals surface area contributed by atoms with Crippen molar-refractivity contribution >= 4 is 11.6 Å². The highest BCUT2D eigenvalue weighted by Gasteiger charge is 2.22. The molecule has 1 aromatic carbocycles. The second-order valence-electron chi connectivity index (χ2n) is 5.67. The molecule has 1 saturated heterocycles. The second-order valence-corrected chi connectivity index (χ2v) is 5.67. The van der Waals surface area contributed by atoms with E-state index in [0.717, 1.165) is 31.3 Å². The lowest BCUT2D eigenvalue weighted by atomic mass is 10.0. The van der Waals surface area contributed by atoms with E-state index in [1.807, 2.05) is 0 Å². The smallest absolute Gasteiger partial charge is 0.224 e. The number of nitrogens with one attached hydrogen (secondary N) is 3. The first-order valence-electron chi connectivity index (χ1n) is 7.61. The summed E-state index contributed by atoms with van der Waals surface area (Å²) in [4.78, 5) is 12.1. The molecular formula is C16H18F2N4O. The van der Waals surface area contributed by atoms with Gasteiger partial charge in [0.05, 0.1) is 17.6 Å². The van der Waals surface area contributed by atoms with Gasteiger partial charge in [-0.15, -0.1) is 0 Å². The molecule has 0 saturated carbocycles. The van der Waals surface area contributed by atoms with E-state index in [9.17, 15) is 13.6 Å². The summed E-state index contributed by atoms with van der Waals surface area (Å²) in [5, 5.41) is 13.0. The van der Waals surface area contributed by atoms with Crippen molar-refractivity contribution in [3.63, 3.8) is 0 Å². The largest absolute Gasteiger partial charge is 0.323 e. The topological polar surface area (TPSA) is 69.8 Å². The fraction of sp³-hybridized carbons (Fsp3) is 0.375. The van der Waals surface area contributed by atoms with E-state index in [0.29, 0.717) is 17.2 Å². The minimum Gasteiger partial charge on any atom is -0.323 e. The maximum Gasteiger partial charge on any atom is 0.224 e. The van der Waals surface area contributed by atoms with Gasteiger partial charge in [-0.3, -0.25) is 9.89 Å². The first-order valence-corrected chi connectivity index (χ1v) is 7.61. The highest BCUT2D eigenvalue weighted by atomic mass is 19.1. The van der Waals surface area contributed by atoms with Gasteiger partial charge in [0, 0.05) is 24.9 Å². The number of hydrogen-bond donors (Lipinski definition) is 3. The summed E-state index contributed by atoms with van der Waals surface area (Å²) in [7, 11) is 0. The maximum atomic E-state index is 13.6. The molecule has 3 N–H and O–H groups in total. The minimum absolute atomic E-state index is 0.121. The van der Waals surface area contributed by atoms with E-state index in [-0.39, 0.29) is 18.7 Å². The van der Waals surface area contributed by atoms with Crippen molar-refractivity contribution in [3.8, 4) is 0 Å². The molecule has 0 bridgehead atoms. The number of carbonyl (C=O) groups is 1. The van der Waals surface area contributed by atoms with Crippen LogP contribution < -0.4 is 10.6 Å². The monoisotopic (exact) mass is 320 g/mol. The van der Waals surface area contributed by atoms with Gasteiger partial charge in [0.15, 0.2) is 0 Å². The predicted octanol–water partition coefficient (Wildman–Crippen LogP) is 2.34. The van der Waals surface area contributed by atoms with Gasteiger partial charge >= 0.3 is 0 Å². The van der Waals surface area contributed by atoms with Crippen molar-refractivity contribution in [3.05, 3.63) is 47.3 Å². The third kappa shape index (κ3) is 3.73. The fourth-order valence-corrected chi connectivity index (χ4v) is 2.79. The van der Waals surface area contributed by atoms with Crippen LogP contribution in [0.15, 0.2) is 24.4 Å². The van der Waals surface area contributed by atoms with Crippen LogP contribution in [0.2, 0.25) is 0 Å². The SMILES string of the molecule is O=C(CCc1ccc(F)cc1F)Nc1cn[nH]c1C1CCNC1. The third-order valence-electron chi connectivity index (χ3n) is 4.05. The molecule has 5 nitrogen and oxygen atoms in total. The molecule has 23 heavy (non-hydrogen) atoms. The van der Waals surface area contributed by atoms with Gasteiger partial charge in [-0.25, -0.2) is 8.78 Å². The van der Waals surface area contributed by atoms with Gasteiger partial charge < -0.3 is 10.6 Å². The number of benzene rings is 1. The second kappa shape index (κ2) is 6.87. The van der Waals surface area contributed by atoms with E-state index in [1.54, 1.807) is 6.20 Å². The Morgan fingerprint density at radius 1 is 1.39 bits per heavy atom. The lowest BCUT2D eigenvalue weighted by Gasteiger charge is -2.10. The van der Waals surface area contributed by atoms with Crippen molar-refractivity contribution in [1.82, 2.24) is 15.5 Å². The Morgan fingerprint density at radius 3 is 3.00 bits per heavy atom. The number of H-pyrrole nitrogens is 1. The number of hydrogen-bond acceptors (Lipinski definition) is 3. The molecule has 1 unspecified atom stereocenters. The van der Waals surface area contributed by atoms with Crippen molar-refractivity contribution in [2.24, 2.45) is 0 Å². The number of amides is 1. The average Bonchev–Trinajstić information content (AvgIpc) is 3.17. The molecule has 1 amide bonds. The third-order valence-corrected chi connectivity index (χ3v) is 4.05. The van der Waals surface area contributed by atoms with Crippen molar-refractivity contribution in [2.75, 3.05) is 18.4 Å². The summed E-state index contributed by atoms with van der Waals surface area (Å²) in [6.45, 7) is 1.80. The number of halogens is 2. The number of aromatic amines is 1. The zero-order valence-electron chi connectivity index (χ0n) is 12.5. The van der Waals surface area contributed by atoms with Crippen LogP contribution in [0.25, 0.3) is 0 Å². The van der Waals surface area contributed by atoms with Gasteiger partial charge in [-0.05, 0) is 31.0 Å². The Balaban J connectivity index is 1.58. The normalized spacial score (nSPS) is 17.4. The van der Waals surface area contributed by atoms with Gasteiger partial charge in [0.1, 0.15) is 11.6 Å². The van der Waals surface area contributed by atoms with E-state index in [1.165, 1.54) is 12.1 Å². The number of aromatic nitrogens is 2. The summed E-state index contributed by atoms with van der Waals surface area (Å²) < 4.78 is 26.4. The number of rotatable bonds is 5. The van der Waals surface area contributed by atoms with Crippen LogP contribution in [0.4, 0.5) is 14.5 Å². The van der Waals surface area contributed by atoms with Crippen molar-refractivity contribution < 1.29 is 13.6 Å².